The van der Waals surface area contributed by atoms with Gasteiger partial charge in [-0.2, -0.15) is 0 Å². The van der Waals surface area contributed by atoms with Crippen LogP contribution in [-0.2, 0) is 25.5 Å². The van der Waals surface area contributed by atoms with E-state index in [-0.39, 0.29) is 6.61 Å². The Hall–Kier alpha value is -1.84. The minimum Gasteiger partial charge on any atom is -0.465 e. The minimum atomic E-state index is -1.27. The lowest BCUT2D eigenvalue weighted by Gasteiger charge is -2.20. The fourth-order valence-corrected chi connectivity index (χ4v) is 3.64. The van der Waals surface area contributed by atoms with Gasteiger partial charge in [-0.15, -0.1) is 0 Å². The van der Waals surface area contributed by atoms with E-state index in [4.69, 9.17) is 9.47 Å². The maximum absolute atomic E-state index is 12.3. The zero-order valence-electron chi connectivity index (χ0n) is 20.8. The van der Waals surface area contributed by atoms with Gasteiger partial charge in [-0.05, 0) is 25.8 Å². The number of hydrogen-bond acceptors (Lipinski definition) is 4. The highest BCUT2D eigenvalue weighted by atomic mass is 16.6. The number of esters is 2. The van der Waals surface area contributed by atoms with E-state index in [9.17, 15) is 9.59 Å². The summed E-state index contributed by atoms with van der Waals surface area (Å²) in [5.74, 6) is -1.02. The van der Waals surface area contributed by atoms with E-state index in [0.717, 1.165) is 18.4 Å². The van der Waals surface area contributed by atoms with Crippen LogP contribution in [0.25, 0.3) is 0 Å². The average molecular weight is 447 g/mol. The first-order valence-corrected chi connectivity index (χ1v) is 12.9. The van der Waals surface area contributed by atoms with Gasteiger partial charge in [0, 0.05) is 6.42 Å². The van der Waals surface area contributed by atoms with Crippen molar-refractivity contribution in [1.29, 1.82) is 0 Å². The molecule has 1 aromatic carbocycles. The highest BCUT2D eigenvalue weighted by molar-refractivity contribution is 5.99. The molecule has 0 bridgehead atoms. The van der Waals surface area contributed by atoms with Crippen LogP contribution in [0.1, 0.15) is 110 Å². The summed E-state index contributed by atoms with van der Waals surface area (Å²) < 4.78 is 10.7. The number of benzene rings is 1. The Balaban J connectivity index is 2.01. The Labute approximate surface area is 196 Å². The lowest BCUT2D eigenvalue weighted by Crippen LogP contribution is -2.37. The van der Waals surface area contributed by atoms with Gasteiger partial charge in [-0.3, -0.25) is 9.59 Å². The minimum absolute atomic E-state index is 0.262. The van der Waals surface area contributed by atoms with E-state index in [2.05, 4.69) is 6.92 Å². The molecule has 0 amide bonds. The molecule has 1 rings (SSSR count). The third kappa shape index (κ3) is 12.9. The van der Waals surface area contributed by atoms with Gasteiger partial charge in [0.15, 0.2) is 5.41 Å². The topological polar surface area (TPSA) is 52.6 Å². The molecule has 0 aromatic heterocycles. The van der Waals surface area contributed by atoms with E-state index >= 15 is 0 Å². The van der Waals surface area contributed by atoms with Crippen LogP contribution in [0, 0.1) is 5.41 Å². The number of hydrogen-bond donors (Lipinski definition) is 0. The summed E-state index contributed by atoms with van der Waals surface area (Å²) in [6.45, 7) is 6.04. The zero-order chi connectivity index (χ0) is 23.5. The van der Waals surface area contributed by atoms with Crippen molar-refractivity contribution in [2.45, 2.75) is 111 Å². The van der Waals surface area contributed by atoms with Crippen LogP contribution >= 0.6 is 0 Å². The molecule has 32 heavy (non-hydrogen) atoms. The van der Waals surface area contributed by atoms with Crippen molar-refractivity contribution in [2.75, 3.05) is 13.2 Å². The monoisotopic (exact) mass is 446 g/mol. The van der Waals surface area contributed by atoms with Gasteiger partial charge in [0.2, 0.25) is 0 Å². The molecule has 0 aliphatic heterocycles. The van der Waals surface area contributed by atoms with Crippen molar-refractivity contribution in [1.82, 2.24) is 0 Å². The zero-order valence-corrected chi connectivity index (χ0v) is 20.8. The molecule has 0 atom stereocenters. The van der Waals surface area contributed by atoms with Crippen molar-refractivity contribution in [3.8, 4) is 0 Å². The third-order valence-corrected chi connectivity index (χ3v) is 5.97. The number of rotatable bonds is 19. The standard InChI is InChI=1S/C28H46O4/c1-4-5-6-7-8-9-10-11-12-13-14-15-19-23-31-26(29)28(2,3)27(30)32-24-22-25-20-17-16-18-21-25/h16-18,20-21H,4-15,19,22-24H2,1-3H3. The predicted octanol–water partition coefficient (Wildman–Crippen LogP) is 7.43. The van der Waals surface area contributed by atoms with Crippen molar-refractivity contribution >= 4 is 11.9 Å². The molecule has 0 saturated carbocycles. The second-order valence-electron chi connectivity index (χ2n) is 9.38. The van der Waals surface area contributed by atoms with E-state index < -0.39 is 17.4 Å². The van der Waals surface area contributed by atoms with Gasteiger partial charge in [-0.1, -0.05) is 114 Å². The molecule has 0 radical (unpaired) electrons. The summed E-state index contributed by atoms with van der Waals surface area (Å²) in [4.78, 5) is 24.7. The molecule has 0 fully saturated rings. The number of unbranched alkanes of at least 4 members (excludes halogenated alkanes) is 12. The van der Waals surface area contributed by atoms with Crippen LogP contribution < -0.4 is 0 Å². The highest BCUT2D eigenvalue weighted by Gasteiger charge is 2.39. The van der Waals surface area contributed by atoms with Crippen LogP contribution in [0.4, 0.5) is 0 Å². The Bertz CT molecular complexity index is 609. The summed E-state index contributed by atoms with van der Waals surface area (Å²) in [5, 5.41) is 0. The quantitative estimate of drug-likeness (QED) is 0.126. The molecule has 182 valence electrons. The lowest BCUT2D eigenvalue weighted by atomic mass is 9.94. The maximum atomic E-state index is 12.3. The average Bonchev–Trinajstić information content (AvgIpc) is 2.79. The fraction of sp³-hybridized carbons (Fsp3) is 0.714. The van der Waals surface area contributed by atoms with Crippen LogP contribution in [-0.4, -0.2) is 25.2 Å². The molecule has 0 N–H and O–H groups in total. The predicted molar refractivity (Wildman–Crippen MR) is 132 cm³/mol. The molecule has 1 aromatic rings. The van der Waals surface area contributed by atoms with Crippen molar-refractivity contribution < 1.29 is 19.1 Å². The summed E-state index contributed by atoms with van der Waals surface area (Å²) in [6.07, 6.45) is 17.2. The Morgan fingerprint density at radius 3 is 1.59 bits per heavy atom. The Kier molecular flexibility index (Phi) is 15.6. The van der Waals surface area contributed by atoms with Gasteiger partial charge >= 0.3 is 11.9 Å². The number of ether oxygens (including phenoxy) is 2. The van der Waals surface area contributed by atoms with Crippen LogP contribution in [0.2, 0.25) is 0 Å². The van der Waals surface area contributed by atoms with E-state index in [1.54, 1.807) is 13.8 Å². The molecule has 4 heteroatoms. The van der Waals surface area contributed by atoms with Crippen molar-refractivity contribution in [3.05, 3.63) is 35.9 Å². The number of carbonyl (C=O) groups is 2. The largest absolute Gasteiger partial charge is 0.465 e. The second kappa shape index (κ2) is 17.7. The normalized spacial score (nSPS) is 11.3. The smallest absolute Gasteiger partial charge is 0.322 e. The SMILES string of the molecule is CCCCCCCCCCCCCCCOC(=O)C(C)(C)C(=O)OCCc1ccccc1. The summed E-state index contributed by atoms with van der Waals surface area (Å²) in [6, 6.07) is 9.83. The van der Waals surface area contributed by atoms with Crippen molar-refractivity contribution in [3.63, 3.8) is 0 Å². The highest BCUT2D eigenvalue weighted by Crippen LogP contribution is 2.20. The van der Waals surface area contributed by atoms with Gasteiger partial charge in [0.05, 0.1) is 13.2 Å². The first-order chi connectivity index (χ1) is 15.5. The van der Waals surface area contributed by atoms with Gasteiger partial charge in [-0.25, -0.2) is 0 Å². The second-order valence-corrected chi connectivity index (χ2v) is 9.38. The molecular formula is C28H46O4. The van der Waals surface area contributed by atoms with Crippen LogP contribution in [0.3, 0.4) is 0 Å². The van der Waals surface area contributed by atoms with E-state index in [0.29, 0.717) is 13.0 Å². The fourth-order valence-electron chi connectivity index (χ4n) is 3.64. The van der Waals surface area contributed by atoms with Crippen LogP contribution in [0.5, 0.6) is 0 Å². The molecule has 0 aliphatic rings. The summed E-state index contributed by atoms with van der Waals surface area (Å²) in [7, 11) is 0. The lowest BCUT2D eigenvalue weighted by molar-refractivity contribution is -0.169. The van der Waals surface area contributed by atoms with Gasteiger partial charge < -0.3 is 9.47 Å². The van der Waals surface area contributed by atoms with Gasteiger partial charge in [0.1, 0.15) is 0 Å². The van der Waals surface area contributed by atoms with Crippen LogP contribution in [0.15, 0.2) is 30.3 Å². The molecular weight excluding hydrogens is 400 g/mol. The van der Waals surface area contributed by atoms with E-state index in [1.165, 1.54) is 70.6 Å². The summed E-state index contributed by atoms with van der Waals surface area (Å²) >= 11 is 0. The van der Waals surface area contributed by atoms with E-state index in [1.807, 2.05) is 30.3 Å². The molecule has 0 unspecified atom stereocenters. The molecule has 4 nitrogen and oxygen atoms in total. The third-order valence-electron chi connectivity index (χ3n) is 5.97. The van der Waals surface area contributed by atoms with Crippen molar-refractivity contribution in [2.24, 2.45) is 5.41 Å². The summed E-state index contributed by atoms with van der Waals surface area (Å²) in [5.41, 5.74) is -0.171. The van der Waals surface area contributed by atoms with Gasteiger partial charge in [0.25, 0.3) is 0 Å². The molecule has 0 spiro atoms. The first kappa shape index (κ1) is 28.2. The Morgan fingerprint density at radius 1 is 0.656 bits per heavy atom. The molecule has 0 heterocycles. The number of carbonyl (C=O) groups excluding carboxylic acids is 2. The Morgan fingerprint density at radius 2 is 1.09 bits per heavy atom. The first-order valence-electron chi connectivity index (χ1n) is 12.9. The molecule has 0 saturated heterocycles. The maximum Gasteiger partial charge on any atom is 0.322 e. The molecule has 0 aliphatic carbocycles.